The Morgan fingerprint density at radius 2 is 1.90 bits per heavy atom. The highest BCUT2D eigenvalue weighted by Gasteiger charge is 2.14. The van der Waals surface area contributed by atoms with E-state index in [0.29, 0.717) is 29.4 Å². The molecule has 0 fully saturated rings. The van der Waals surface area contributed by atoms with Crippen molar-refractivity contribution in [3.63, 3.8) is 0 Å². The van der Waals surface area contributed by atoms with Crippen LogP contribution in [-0.2, 0) is 13.5 Å². The molecule has 0 unspecified atom stereocenters. The Morgan fingerprint density at radius 3 is 2.58 bits per heavy atom. The van der Waals surface area contributed by atoms with Crippen LogP contribution in [0.2, 0.25) is 0 Å². The molecule has 0 aliphatic heterocycles. The number of pyridine rings is 2. The maximum atomic E-state index is 9.36. The van der Waals surface area contributed by atoms with Gasteiger partial charge in [0.1, 0.15) is 11.4 Å². The number of aryl methyl sites for hydroxylation is 2. The second-order valence-corrected chi connectivity index (χ2v) is 7.21. The fraction of sp³-hybridized carbons (Fsp3) is 0.167. The summed E-state index contributed by atoms with van der Waals surface area (Å²) in [5.74, 6) is 1.10. The van der Waals surface area contributed by atoms with Crippen molar-refractivity contribution in [2.45, 2.75) is 13.3 Å². The highest BCUT2D eigenvalue weighted by Crippen LogP contribution is 2.35. The number of nitrogens with zero attached hydrogens (tertiary/aromatic N) is 5. The summed E-state index contributed by atoms with van der Waals surface area (Å²) in [5, 5.41) is 13.9. The Labute approximate surface area is 180 Å². The second kappa shape index (κ2) is 8.78. The van der Waals surface area contributed by atoms with Gasteiger partial charge in [-0.2, -0.15) is 10.4 Å². The third kappa shape index (κ3) is 4.44. The van der Waals surface area contributed by atoms with Crippen molar-refractivity contribution in [3.8, 4) is 40.2 Å². The van der Waals surface area contributed by atoms with Crippen LogP contribution < -0.4 is 10.5 Å². The fourth-order valence-corrected chi connectivity index (χ4v) is 3.20. The van der Waals surface area contributed by atoms with Gasteiger partial charge in [-0.15, -0.1) is 0 Å². The van der Waals surface area contributed by atoms with E-state index in [1.165, 1.54) is 0 Å². The molecule has 1 aromatic carbocycles. The van der Waals surface area contributed by atoms with Crippen LogP contribution >= 0.6 is 0 Å². The summed E-state index contributed by atoms with van der Waals surface area (Å²) in [6.45, 7) is 2.54. The molecule has 7 heteroatoms. The molecule has 31 heavy (non-hydrogen) atoms. The molecule has 2 N–H and O–H groups in total. The molecular formula is C24H22N6O. The van der Waals surface area contributed by atoms with Gasteiger partial charge in [-0.1, -0.05) is 12.1 Å². The smallest absolute Gasteiger partial charge is 0.218 e. The average molecular weight is 410 g/mol. The lowest BCUT2D eigenvalue weighted by molar-refractivity contribution is 0.432. The van der Waals surface area contributed by atoms with Crippen LogP contribution in [0.5, 0.6) is 11.6 Å². The van der Waals surface area contributed by atoms with Gasteiger partial charge in [0.2, 0.25) is 5.88 Å². The molecule has 0 atom stereocenters. The van der Waals surface area contributed by atoms with E-state index in [0.717, 1.165) is 34.5 Å². The van der Waals surface area contributed by atoms with Gasteiger partial charge in [0.05, 0.1) is 17.3 Å². The first kappa shape index (κ1) is 20.3. The number of ether oxygens (including phenoxy) is 1. The number of hydrogen-bond donors (Lipinski definition) is 1. The monoisotopic (exact) mass is 410 g/mol. The minimum Gasteiger partial charge on any atom is -0.439 e. The molecular weight excluding hydrogens is 388 g/mol. The van der Waals surface area contributed by atoms with E-state index in [-0.39, 0.29) is 0 Å². The van der Waals surface area contributed by atoms with Crippen LogP contribution in [0.4, 0.5) is 0 Å². The zero-order chi connectivity index (χ0) is 21.8. The quantitative estimate of drug-likeness (QED) is 0.515. The van der Waals surface area contributed by atoms with Gasteiger partial charge < -0.3 is 10.5 Å². The predicted octanol–water partition coefficient (Wildman–Crippen LogP) is 4.02. The van der Waals surface area contributed by atoms with Crippen molar-refractivity contribution in [1.82, 2.24) is 19.7 Å². The molecule has 3 heterocycles. The van der Waals surface area contributed by atoms with Gasteiger partial charge in [-0.05, 0) is 49.4 Å². The van der Waals surface area contributed by atoms with Crippen molar-refractivity contribution in [2.75, 3.05) is 6.54 Å². The number of aromatic nitrogens is 4. The summed E-state index contributed by atoms with van der Waals surface area (Å²) < 4.78 is 7.87. The molecule has 7 nitrogen and oxygen atoms in total. The Morgan fingerprint density at radius 1 is 1.03 bits per heavy atom. The number of nitrogens with two attached hydrogens (primary N) is 1. The summed E-state index contributed by atoms with van der Waals surface area (Å²) in [4.78, 5) is 8.91. The van der Waals surface area contributed by atoms with E-state index in [1.54, 1.807) is 29.2 Å². The van der Waals surface area contributed by atoms with Crippen LogP contribution in [0.3, 0.4) is 0 Å². The predicted molar refractivity (Wildman–Crippen MR) is 118 cm³/mol. The molecule has 0 radical (unpaired) electrons. The number of benzene rings is 1. The molecule has 0 bridgehead atoms. The van der Waals surface area contributed by atoms with Crippen molar-refractivity contribution >= 4 is 0 Å². The van der Waals surface area contributed by atoms with E-state index in [2.05, 4.69) is 21.1 Å². The van der Waals surface area contributed by atoms with Crippen LogP contribution in [0.25, 0.3) is 22.5 Å². The van der Waals surface area contributed by atoms with Crippen LogP contribution in [-0.4, -0.2) is 26.3 Å². The number of rotatable bonds is 6. The van der Waals surface area contributed by atoms with E-state index in [4.69, 9.17) is 10.5 Å². The van der Waals surface area contributed by atoms with E-state index in [1.807, 2.05) is 50.4 Å². The maximum absolute atomic E-state index is 9.36. The lowest BCUT2D eigenvalue weighted by Crippen LogP contribution is -2.04. The first-order valence-corrected chi connectivity index (χ1v) is 9.92. The molecule has 0 amide bonds. The Hall–Kier alpha value is -4.02. The first-order chi connectivity index (χ1) is 15.1. The maximum Gasteiger partial charge on any atom is 0.218 e. The lowest BCUT2D eigenvalue weighted by atomic mass is 10.0. The second-order valence-electron chi connectivity index (χ2n) is 7.21. The van der Waals surface area contributed by atoms with Gasteiger partial charge in [-0.3, -0.25) is 9.97 Å². The van der Waals surface area contributed by atoms with Crippen molar-refractivity contribution in [3.05, 3.63) is 77.7 Å². The molecule has 4 rings (SSSR count). The molecule has 0 saturated heterocycles. The lowest BCUT2D eigenvalue weighted by Gasteiger charge is -2.12. The number of hydrogen-bond acceptors (Lipinski definition) is 6. The summed E-state index contributed by atoms with van der Waals surface area (Å²) in [5.41, 5.74) is 11.3. The number of nitriles is 1. The zero-order valence-electron chi connectivity index (χ0n) is 17.4. The van der Waals surface area contributed by atoms with Crippen LogP contribution in [0, 0.1) is 18.3 Å². The Bertz CT molecular complexity index is 1240. The van der Waals surface area contributed by atoms with E-state index in [9.17, 15) is 5.26 Å². The van der Waals surface area contributed by atoms with Gasteiger partial charge in [0.25, 0.3) is 0 Å². The Kier molecular flexibility index (Phi) is 5.74. The van der Waals surface area contributed by atoms with Gasteiger partial charge >= 0.3 is 0 Å². The van der Waals surface area contributed by atoms with Crippen molar-refractivity contribution in [2.24, 2.45) is 12.8 Å². The first-order valence-electron chi connectivity index (χ1n) is 9.92. The van der Waals surface area contributed by atoms with Crippen molar-refractivity contribution in [1.29, 1.82) is 5.26 Å². The standard InChI is InChI=1S/C24H22N6O/c1-16-3-8-21(28-14-16)22-12-24(30(2)29-22)31-23-11-17(13-26)4-7-20(23)18-5-6-19(9-10-25)27-15-18/h3-8,11-12,14-15H,9-10,25H2,1-2H3. The van der Waals surface area contributed by atoms with Gasteiger partial charge in [-0.25, -0.2) is 4.68 Å². The summed E-state index contributed by atoms with van der Waals surface area (Å²) in [7, 11) is 1.81. The third-order valence-electron chi connectivity index (χ3n) is 4.87. The minimum absolute atomic E-state index is 0.508. The van der Waals surface area contributed by atoms with Gasteiger partial charge in [0, 0.05) is 48.7 Å². The molecule has 0 aliphatic carbocycles. The SMILES string of the molecule is Cc1ccc(-c2cc(Oc3cc(C#N)ccc3-c3ccc(CCN)nc3)n(C)n2)nc1. The topological polar surface area (TPSA) is 103 Å². The summed E-state index contributed by atoms with van der Waals surface area (Å²) in [6.07, 6.45) is 4.33. The zero-order valence-corrected chi connectivity index (χ0v) is 17.4. The highest BCUT2D eigenvalue weighted by molar-refractivity contribution is 5.71. The summed E-state index contributed by atoms with van der Waals surface area (Å²) >= 11 is 0. The molecule has 0 spiro atoms. The molecule has 0 aliphatic rings. The van der Waals surface area contributed by atoms with Crippen molar-refractivity contribution < 1.29 is 4.74 Å². The van der Waals surface area contributed by atoms with E-state index < -0.39 is 0 Å². The van der Waals surface area contributed by atoms with Gasteiger partial charge in [0.15, 0.2) is 0 Å². The fourth-order valence-electron chi connectivity index (χ4n) is 3.20. The van der Waals surface area contributed by atoms with E-state index >= 15 is 0 Å². The Balaban J connectivity index is 1.69. The molecule has 3 aromatic heterocycles. The average Bonchev–Trinajstić information content (AvgIpc) is 3.15. The largest absolute Gasteiger partial charge is 0.439 e. The molecule has 0 saturated carbocycles. The van der Waals surface area contributed by atoms with Crippen LogP contribution in [0.1, 0.15) is 16.8 Å². The normalized spacial score (nSPS) is 10.6. The summed E-state index contributed by atoms with van der Waals surface area (Å²) in [6, 6.07) is 17.2. The highest BCUT2D eigenvalue weighted by atomic mass is 16.5. The van der Waals surface area contributed by atoms with Crippen LogP contribution in [0.15, 0.2) is 60.9 Å². The minimum atomic E-state index is 0.508. The molecule has 4 aromatic rings. The third-order valence-corrected chi connectivity index (χ3v) is 4.87. The molecule has 154 valence electrons.